The molecule has 1 aliphatic rings. The minimum atomic E-state index is -0.202. The first-order valence-electron chi connectivity index (χ1n) is 6.61. The molecule has 1 aromatic carbocycles. The van der Waals surface area contributed by atoms with E-state index in [-0.39, 0.29) is 16.4 Å². The number of rotatable bonds is 2. The zero-order chi connectivity index (χ0) is 15.0. The molecule has 110 valence electrons. The van der Waals surface area contributed by atoms with Crippen molar-refractivity contribution in [3.05, 3.63) is 36.1 Å². The van der Waals surface area contributed by atoms with E-state index < -0.39 is 0 Å². The smallest absolute Gasteiger partial charge is 0.297 e. The third-order valence-electron chi connectivity index (χ3n) is 3.23. The Morgan fingerprint density at radius 1 is 1.43 bits per heavy atom. The van der Waals surface area contributed by atoms with Gasteiger partial charge in [0.1, 0.15) is 0 Å². The molecule has 2 heterocycles. The van der Waals surface area contributed by atoms with Crippen LogP contribution in [0.4, 0.5) is 5.69 Å². The fraction of sp³-hybridized carbons (Fsp3) is 0.333. The second-order valence-corrected chi connectivity index (χ2v) is 7.20. The monoisotopic (exact) mass is 304 g/mol. The van der Waals surface area contributed by atoms with Gasteiger partial charge in [-0.3, -0.25) is 4.79 Å². The SMILES string of the molecule is COc1cc(C(=O)N2CC(C)(C)Sc3ccccc32)on1. The summed E-state index contributed by atoms with van der Waals surface area (Å²) in [5.74, 6) is 0.285. The average molecular weight is 304 g/mol. The number of fused-ring (bicyclic) bond motifs is 1. The van der Waals surface area contributed by atoms with Crippen LogP contribution in [-0.2, 0) is 0 Å². The molecule has 0 bridgehead atoms. The number of para-hydroxylation sites is 1. The maximum Gasteiger partial charge on any atom is 0.297 e. The summed E-state index contributed by atoms with van der Waals surface area (Å²) in [7, 11) is 1.49. The topological polar surface area (TPSA) is 55.6 Å². The zero-order valence-electron chi connectivity index (χ0n) is 12.1. The molecular weight excluding hydrogens is 288 g/mol. The third kappa shape index (κ3) is 2.63. The highest BCUT2D eigenvalue weighted by Crippen LogP contribution is 2.44. The molecular formula is C15H16N2O3S. The van der Waals surface area contributed by atoms with Crippen LogP contribution in [0.3, 0.4) is 0 Å². The van der Waals surface area contributed by atoms with Gasteiger partial charge in [-0.15, -0.1) is 11.8 Å². The van der Waals surface area contributed by atoms with Gasteiger partial charge in [0.2, 0.25) is 5.76 Å². The number of benzene rings is 1. The van der Waals surface area contributed by atoms with Crippen LogP contribution in [0.25, 0.3) is 0 Å². The van der Waals surface area contributed by atoms with Crippen molar-refractivity contribution in [2.24, 2.45) is 0 Å². The number of methoxy groups -OCH3 is 1. The summed E-state index contributed by atoms with van der Waals surface area (Å²) in [6.45, 7) is 4.85. The Morgan fingerprint density at radius 2 is 2.19 bits per heavy atom. The maximum atomic E-state index is 12.7. The zero-order valence-corrected chi connectivity index (χ0v) is 12.9. The Morgan fingerprint density at radius 3 is 2.90 bits per heavy atom. The maximum absolute atomic E-state index is 12.7. The molecule has 1 aromatic heterocycles. The first kappa shape index (κ1) is 14.0. The van der Waals surface area contributed by atoms with Crippen molar-refractivity contribution in [1.82, 2.24) is 5.16 Å². The van der Waals surface area contributed by atoms with Crippen LogP contribution >= 0.6 is 11.8 Å². The summed E-state index contributed by atoms with van der Waals surface area (Å²) >= 11 is 1.78. The Balaban J connectivity index is 1.99. The van der Waals surface area contributed by atoms with Gasteiger partial charge in [-0.05, 0) is 31.1 Å². The molecule has 5 nitrogen and oxygen atoms in total. The van der Waals surface area contributed by atoms with Gasteiger partial charge >= 0.3 is 0 Å². The van der Waals surface area contributed by atoms with Gasteiger partial charge < -0.3 is 14.2 Å². The van der Waals surface area contributed by atoms with Crippen LogP contribution in [0, 0.1) is 0 Å². The molecule has 0 radical (unpaired) electrons. The summed E-state index contributed by atoms with van der Waals surface area (Å²) in [4.78, 5) is 15.5. The Hall–Kier alpha value is -1.95. The number of hydrogen-bond donors (Lipinski definition) is 0. The van der Waals surface area contributed by atoms with E-state index in [0.29, 0.717) is 12.4 Å². The van der Waals surface area contributed by atoms with Crippen LogP contribution in [0.2, 0.25) is 0 Å². The van der Waals surface area contributed by atoms with Crippen molar-refractivity contribution in [1.29, 1.82) is 0 Å². The molecule has 2 aromatic rings. The highest BCUT2D eigenvalue weighted by molar-refractivity contribution is 8.00. The Bertz CT molecular complexity index is 681. The average Bonchev–Trinajstić information content (AvgIpc) is 2.93. The van der Waals surface area contributed by atoms with Crippen molar-refractivity contribution >= 4 is 23.4 Å². The first-order chi connectivity index (χ1) is 10.00. The fourth-order valence-electron chi connectivity index (χ4n) is 2.33. The van der Waals surface area contributed by atoms with E-state index >= 15 is 0 Å². The molecule has 0 saturated carbocycles. The van der Waals surface area contributed by atoms with Crippen molar-refractivity contribution in [3.8, 4) is 5.88 Å². The van der Waals surface area contributed by atoms with E-state index in [9.17, 15) is 4.79 Å². The summed E-state index contributed by atoms with van der Waals surface area (Å²) in [6.07, 6.45) is 0. The molecule has 0 fully saturated rings. The van der Waals surface area contributed by atoms with Crippen LogP contribution < -0.4 is 9.64 Å². The molecule has 21 heavy (non-hydrogen) atoms. The minimum Gasteiger partial charge on any atom is -0.479 e. The number of nitrogens with zero attached hydrogens (tertiary/aromatic N) is 2. The third-order valence-corrected chi connectivity index (χ3v) is 4.48. The first-order valence-corrected chi connectivity index (χ1v) is 7.42. The van der Waals surface area contributed by atoms with Gasteiger partial charge in [0, 0.05) is 16.2 Å². The molecule has 0 aliphatic carbocycles. The predicted octanol–water partition coefficient (Wildman–Crippen LogP) is 3.21. The Labute approximate surface area is 127 Å². The molecule has 0 unspecified atom stereocenters. The molecule has 1 aliphatic heterocycles. The second-order valence-electron chi connectivity index (χ2n) is 5.45. The largest absolute Gasteiger partial charge is 0.479 e. The highest BCUT2D eigenvalue weighted by Gasteiger charge is 2.35. The Kier molecular flexibility index (Phi) is 3.41. The second kappa shape index (κ2) is 5.11. The lowest BCUT2D eigenvalue weighted by molar-refractivity contribution is 0.0948. The summed E-state index contributed by atoms with van der Waals surface area (Å²) in [5, 5.41) is 3.69. The molecule has 1 amide bonds. The van der Waals surface area contributed by atoms with E-state index in [2.05, 4.69) is 19.0 Å². The van der Waals surface area contributed by atoms with Gasteiger partial charge in [0.25, 0.3) is 11.8 Å². The van der Waals surface area contributed by atoms with Crippen molar-refractivity contribution in [3.63, 3.8) is 0 Å². The lowest BCUT2D eigenvalue weighted by Crippen LogP contribution is -2.43. The van der Waals surface area contributed by atoms with Gasteiger partial charge in [-0.2, -0.15) is 0 Å². The minimum absolute atomic E-state index is 0.0614. The number of amides is 1. The lowest BCUT2D eigenvalue weighted by Gasteiger charge is -2.38. The van der Waals surface area contributed by atoms with Crippen LogP contribution in [0.5, 0.6) is 5.88 Å². The normalized spacial score (nSPS) is 16.4. The van der Waals surface area contributed by atoms with Gasteiger partial charge in [0.15, 0.2) is 0 Å². The van der Waals surface area contributed by atoms with Crippen LogP contribution in [-0.4, -0.2) is 29.5 Å². The molecule has 6 heteroatoms. The molecule has 0 N–H and O–H groups in total. The van der Waals surface area contributed by atoms with Crippen molar-refractivity contribution in [2.45, 2.75) is 23.5 Å². The summed E-state index contributed by atoms with van der Waals surface area (Å²) in [6, 6.07) is 9.40. The van der Waals surface area contributed by atoms with Crippen molar-refractivity contribution in [2.75, 3.05) is 18.6 Å². The summed E-state index contributed by atoms with van der Waals surface area (Å²) in [5.41, 5.74) is 0.905. The number of anilines is 1. The van der Waals surface area contributed by atoms with E-state index in [1.165, 1.54) is 13.2 Å². The number of thioether (sulfide) groups is 1. The fourth-order valence-corrected chi connectivity index (χ4v) is 3.55. The van der Waals surface area contributed by atoms with Gasteiger partial charge in [0.05, 0.1) is 18.9 Å². The van der Waals surface area contributed by atoms with Crippen molar-refractivity contribution < 1.29 is 14.1 Å². The van der Waals surface area contributed by atoms with E-state index in [1.807, 2.05) is 24.3 Å². The number of carbonyl (C=O) groups excluding carboxylic acids is 1. The predicted molar refractivity (Wildman–Crippen MR) is 81.1 cm³/mol. The lowest BCUT2D eigenvalue weighted by atomic mass is 10.1. The summed E-state index contributed by atoms with van der Waals surface area (Å²) < 4.78 is 9.98. The van der Waals surface area contributed by atoms with Crippen LogP contribution in [0.15, 0.2) is 39.8 Å². The number of hydrogen-bond acceptors (Lipinski definition) is 5. The highest BCUT2D eigenvalue weighted by atomic mass is 32.2. The van der Waals surface area contributed by atoms with E-state index in [0.717, 1.165) is 10.6 Å². The van der Waals surface area contributed by atoms with E-state index in [4.69, 9.17) is 9.26 Å². The van der Waals surface area contributed by atoms with E-state index in [1.54, 1.807) is 16.7 Å². The van der Waals surface area contributed by atoms with Gasteiger partial charge in [-0.1, -0.05) is 12.1 Å². The molecule has 0 saturated heterocycles. The van der Waals surface area contributed by atoms with Crippen LogP contribution in [0.1, 0.15) is 24.4 Å². The molecule has 0 spiro atoms. The number of aromatic nitrogens is 1. The molecule has 0 atom stereocenters. The quantitative estimate of drug-likeness (QED) is 0.852. The standard InChI is InChI=1S/C15H16N2O3S/c1-15(2)9-17(10-6-4-5-7-12(10)21-15)14(18)11-8-13(19-3)16-20-11/h4-8H,9H2,1-3H3. The molecule has 3 rings (SSSR count). The number of ether oxygens (including phenoxy) is 1. The number of carbonyl (C=O) groups is 1. The van der Waals surface area contributed by atoms with Gasteiger partial charge in [-0.25, -0.2) is 0 Å².